The van der Waals surface area contributed by atoms with Gasteiger partial charge in [0.1, 0.15) is 0 Å². The molecule has 1 heterocycles. The number of halogens is 2. The molecule has 0 radical (unpaired) electrons. The van der Waals surface area contributed by atoms with E-state index in [4.69, 9.17) is 11.6 Å². The van der Waals surface area contributed by atoms with Crippen LogP contribution in [0, 0.1) is 0 Å². The normalized spacial score (nSPS) is 10.5. The van der Waals surface area contributed by atoms with Crippen LogP contribution in [0.3, 0.4) is 0 Å². The van der Waals surface area contributed by atoms with E-state index >= 15 is 0 Å². The third-order valence-electron chi connectivity index (χ3n) is 2.57. The lowest BCUT2D eigenvalue weighted by molar-refractivity contribution is 0.102. The van der Waals surface area contributed by atoms with Crippen molar-refractivity contribution in [3.63, 3.8) is 0 Å². The van der Waals surface area contributed by atoms with Gasteiger partial charge in [0.15, 0.2) is 5.82 Å². The summed E-state index contributed by atoms with van der Waals surface area (Å²) in [6.45, 7) is 2.09. The van der Waals surface area contributed by atoms with Crippen LogP contribution in [-0.4, -0.2) is 16.1 Å². The molecule has 1 amide bonds. The van der Waals surface area contributed by atoms with Gasteiger partial charge in [0.25, 0.3) is 5.91 Å². The van der Waals surface area contributed by atoms with Crippen molar-refractivity contribution in [1.29, 1.82) is 0 Å². The topological polar surface area (TPSA) is 57.8 Å². The Morgan fingerprint density at radius 3 is 2.95 bits per heavy atom. The summed E-state index contributed by atoms with van der Waals surface area (Å²) >= 11 is 9.18. The van der Waals surface area contributed by atoms with E-state index in [0.29, 0.717) is 20.9 Å². The molecule has 6 heteroatoms. The maximum Gasteiger partial charge on any atom is 0.256 e. The third kappa shape index (κ3) is 3.58. The number of H-pyrrole nitrogens is 1. The SMILES string of the molecule is CCCc1cc(NC(=O)c2ccc(Cl)c(Br)c2)n[nH]1. The van der Waals surface area contributed by atoms with Crippen LogP contribution in [0.25, 0.3) is 0 Å². The molecule has 0 saturated heterocycles. The number of hydrogen-bond donors (Lipinski definition) is 2. The minimum atomic E-state index is -0.216. The lowest BCUT2D eigenvalue weighted by atomic mass is 10.2. The monoisotopic (exact) mass is 341 g/mol. The fourth-order valence-electron chi connectivity index (χ4n) is 1.65. The summed E-state index contributed by atoms with van der Waals surface area (Å²) in [5, 5.41) is 10.2. The molecule has 0 unspecified atom stereocenters. The second-order valence-corrected chi connectivity index (χ2v) is 5.37. The first-order chi connectivity index (χ1) is 9.10. The molecule has 0 aliphatic carbocycles. The van der Waals surface area contributed by atoms with Crippen molar-refractivity contribution in [3.8, 4) is 0 Å². The van der Waals surface area contributed by atoms with Gasteiger partial charge >= 0.3 is 0 Å². The molecule has 0 aliphatic heterocycles. The van der Waals surface area contributed by atoms with E-state index in [1.165, 1.54) is 0 Å². The number of nitrogens with one attached hydrogen (secondary N) is 2. The quantitative estimate of drug-likeness (QED) is 0.881. The Kier molecular flexibility index (Phi) is 4.61. The summed E-state index contributed by atoms with van der Waals surface area (Å²) < 4.78 is 0.690. The Balaban J connectivity index is 2.09. The molecule has 0 fully saturated rings. The zero-order valence-electron chi connectivity index (χ0n) is 10.3. The number of rotatable bonds is 4. The predicted molar refractivity (Wildman–Crippen MR) is 79.7 cm³/mol. The van der Waals surface area contributed by atoms with E-state index in [1.807, 2.05) is 6.07 Å². The van der Waals surface area contributed by atoms with E-state index in [9.17, 15) is 4.79 Å². The van der Waals surface area contributed by atoms with Gasteiger partial charge in [0.05, 0.1) is 5.02 Å². The summed E-state index contributed by atoms with van der Waals surface area (Å²) in [5.41, 5.74) is 1.53. The van der Waals surface area contributed by atoms with Gasteiger partial charge < -0.3 is 5.32 Å². The molecular formula is C13H13BrClN3O. The maximum absolute atomic E-state index is 12.0. The highest BCUT2D eigenvalue weighted by Gasteiger charge is 2.10. The first-order valence-corrected chi connectivity index (χ1v) is 7.08. The van der Waals surface area contributed by atoms with Crippen molar-refractivity contribution < 1.29 is 4.79 Å². The molecule has 2 aromatic rings. The van der Waals surface area contributed by atoms with Crippen molar-refractivity contribution >= 4 is 39.3 Å². The van der Waals surface area contributed by atoms with Gasteiger partial charge in [-0.1, -0.05) is 24.9 Å². The van der Waals surface area contributed by atoms with Crippen LogP contribution in [0.4, 0.5) is 5.82 Å². The first-order valence-electron chi connectivity index (χ1n) is 5.91. The number of aromatic amines is 1. The number of anilines is 1. The number of aromatic nitrogens is 2. The number of nitrogens with zero attached hydrogens (tertiary/aromatic N) is 1. The van der Waals surface area contributed by atoms with E-state index < -0.39 is 0 Å². The lowest BCUT2D eigenvalue weighted by Gasteiger charge is -2.03. The zero-order chi connectivity index (χ0) is 13.8. The maximum atomic E-state index is 12.0. The highest BCUT2D eigenvalue weighted by atomic mass is 79.9. The van der Waals surface area contributed by atoms with Crippen LogP contribution < -0.4 is 5.32 Å². The van der Waals surface area contributed by atoms with Gasteiger partial charge in [-0.3, -0.25) is 9.89 Å². The average Bonchev–Trinajstić information content (AvgIpc) is 2.80. The molecule has 2 rings (SSSR count). The fourth-order valence-corrected chi connectivity index (χ4v) is 2.15. The van der Waals surface area contributed by atoms with Crippen LogP contribution in [-0.2, 0) is 6.42 Å². The summed E-state index contributed by atoms with van der Waals surface area (Å²) in [4.78, 5) is 12.0. The average molecular weight is 343 g/mol. The molecule has 1 aromatic carbocycles. The van der Waals surface area contributed by atoms with E-state index in [2.05, 4.69) is 38.4 Å². The van der Waals surface area contributed by atoms with Gasteiger partial charge in [-0.05, 0) is 40.5 Å². The minimum Gasteiger partial charge on any atom is -0.305 e. The second-order valence-electron chi connectivity index (χ2n) is 4.11. The summed E-state index contributed by atoms with van der Waals surface area (Å²) in [7, 11) is 0. The van der Waals surface area contributed by atoms with Crippen LogP contribution in [0.5, 0.6) is 0 Å². The molecule has 4 nitrogen and oxygen atoms in total. The molecule has 0 bridgehead atoms. The lowest BCUT2D eigenvalue weighted by Crippen LogP contribution is -2.12. The standard InChI is InChI=1S/C13H13BrClN3O/c1-2-3-9-7-12(18-17-9)16-13(19)8-4-5-11(15)10(14)6-8/h4-7H,2-3H2,1H3,(H2,16,17,18,19). The third-order valence-corrected chi connectivity index (χ3v) is 3.79. The molecule has 0 aliphatic rings. The van der Waals surface area contributed by atoms with Gasteiger partial charge in [-0.2, -0.15) is 5.10 Å². The van der Waals surface area contributed by atoms with Crippen LogP contribution in [0.1, 0.15) is 29.4 Å². The summed E-state index contributed by atoms with van der Waals surface area (Å²) in [5.74, 6) is 0.312. The highest BCUT2D eigenvalue weighted by Crippen LogP contribution is 2.23. The van der Waals surface area contributed by atoms with Crippen molar-refractivity contribution in [2.24, 2.45) is 0 Å². The number of carbonyl (C=O) groups excluding carboxylic acids is 1. The molecule has 0 saturated carbocycles. The molecule has 0 spiro atoms. The van der Waals surface area contributed by atoms with Crippen LogP contribution in [0.15, 0.2) is 28.7 Å². The zero-order valence-corrected chi connectivity index (χ0v) is 12.7. The molecular weight excluding hydrogens is 330 g/mol. The van der Waals surface area contributed by atoms with Gasteiger partial charge in [0, 0.05) is 21.8 Å². The molecule has 19 heavy (non-hydrogen) atoms. The number of amides is 1. The summed E-state index contributed by atoms with van der Waals surface area (Å²) in [6, 6.07) is 6.86. The minimum absolute atomic E-state index is 0.216. The van der Waals surface area contributed by atoms with E-state index in [-0.39, 0.29) is 5.91 Å². The van der Waals surface area contributed by atoms with Crippen molar-refractivity contribution in [3.05, 3.63) is 45.0 Å². The molecule has 100 valence electrons. The Morgan fingerprint density at radius 1 is 1.47 bits per heavy atom. The van der Waals surface area contributed by atoms with Gasteiger partial charge in [0.2, 0.25) is 0 Å². The van der Waals surface area contributed by atoms with Crippen molar-refractivity contribution in [2.45, 2.75) is 19.8 Å². The number of hydrogen-bond acceptors (Lipinski definition) is 2. The predicted octanol–water partition coefficient (Wildman–Crippen LogP) is 4.03. The van der Waals surface area contributed by atoms with Crippen molar-refractivity contribution in [2.75, 3.05) is 5.32 Å². The largest absolute Gasteiger partial charge is 0.305 e. The number of carbonyl (C=O) groups is 1. The Hall–Kier alpha value is -1.33. The van der Waals surface area contributed by atoms with Crippen LogP contribution in [0.2, 0.25) is 5.02 Å². The number of aryl methyl sites for hydroxylation is 1. The fraction of sp³-hybridized carbons (Fsp3) is 0.231. The van der Waals surface area contributed by atoms with Crippen molar-refractivity contribution in [1.82, 2.24) is 10.2 Å². The Morgan fingerprint density at radius 2 is 2.26 bits per heavy atom. The Labute approximate surface area is 124 Å². The Bertz CT molecular complexity index is 597. The van der Waals surface area contributed by atoms with Gasteiger partial charge in [-0.15, -0.1) is 0 Å². The van der Waals surface area contributed by atoms with Crippen LogP contribution >= 0.6 is 27.5 Å². The smallest absolute Gasteiger partial charge is 0.256 e. The van der Waals surface area contributed by atoms with E-state index in [0.717, 1.165) is 18.5 Å². The van der Waals surface area contributed by atoms with E-state index in [1.54, 1.807) is 18.2 Å². The molecule has 2 N–H and O–H groups in total. The molecule has 0 atom stereocenters. The number of benzene rings is 1. The van der Waals surface area contributed by atoms with Gasteiger partial charge in [-0.25, -0.2) is 0 Å². The highest BCUT2D eigenvalue weighted by molar-refractivity contribution is 9.10. The second kappa shape index (κ2) is 6.21. The first kappa shape index (κ1) is 14.1. The molecule has 1 aromatic heterocycles. The summed E-state index contributed by atoms with van der Waals surface area (Å²) in [6.07, 6.45) is 1.94.